The Morgan fingerprint density at radius 2 is 1.93 bits per heavy atom. The van der Waals surface area contributed by atoms with Crippen molar-refractivity contribution in [1.29, 1.82) is 0 Å². The number of ether oxygens (including phenoxy) is 1. The molecule has 1 saturated heterocycles. The second-order valence-electron chi connectivity index (χ2n) is 8.43. The highest BCUT2D eigenvalue weighted by molar-refractivity contribution is 6.09. The van der Waals surface area contributed by atoms with Crippen LogP contribution in [0.15, 0.2) is 24.3 Å². The molecule has 0 bridgehead atoms. The minimum absolute atomic E-state index is 0.0107. The Morgan fingerprint density at radius 3 is 2.57 bits per heavy atom. The minimum Gasteiger partial charge on any atom is -0.454 e. The highest BCUT2D eigenvalue weighted by Crippen LogP contribution is 2.38. The van der Waals surface area contributed by atoms with Gasteiger partial charge in [0.2, 0.25) is 0 Å². The molecule has 0 radical (unpaired) electrons. The number of benzene rings is 1. The molecule has 1 aliphatic carbocycles. The van der Waals surface area contributed by atoms with E-state index in [0.29, 0.717) is 18.0 Å². The highest BCUT2D eigenvalue weighted by atomic mass is 16.5. The summed E-state index contributed by atoms with van der Waals surface area (Å²) in [5.41, 5.74) is 0.829. The lowest BCUT2D eigenvalue weighted by atomic mass is 9.73. The standard InChI is InChI=1S/C22H29N3O5/c1-14(2)16-7-9-17(10-8-16)23-18(26)13-30-19(27)12-25-20(28)22(24-21(25)29)11-5-4-6-15(22)3/h7-10,14-15H,4-6,11-13H2,1-3H3,(H,23,26)(H,24,29)/t15-,22-/m1/s1. The van der Waals surface area contributed by atoms with Crippen LogP contribution in [-0.4, -0.2) is 47.4 Å². The average Bonchev–Trinajstić information content (AvgIpc) is 2.94. The van der Waals surface area contributed by atoms with Crippen LogP contribution in [0.4, 0.5) is 10.5 Å². The Hall–Kier alpha value is -2.90. The van der Waals surface area contributed by atoms with Gasteiger partial charge in [0, 0.05) is 5.69 Å². The molecule has 1 spiro atoms. The van der Waals surface area contributed by atoms with Gasteiger partial charge in [0.25, 0.3) is 11.8 Å². The number of esters is 1. The van der Waals surface area contributed by atoms with Crippen molar-refractivity contribution < 1.29 is 23.9 Å². The molecule has 0 aromatic heterocycles. The first-order valence-electron chi connectivity index (χ1n) is 10.4. The lowest BCUT2D eigenvalue weighted by Crippen LogP contribution is -2.54. The molecule has 1 aromatic rings. The maximum atomic E-state index is 12.8. The number of carbonyl (C=O) groups is 4. The van der Waals surface area contributed by atoms with Crippen molar-refractivity contribution in [3.05, 3.63) is 29.8 Å². The fourth-order valence-electron chi connectivity index (χ4n) is 4.11. The number of amides is 4. The van der Waals surface area contributed by atoms with Crippen LogP contribution in [0.3, 0.4) is 0 Å². The minimum atomic E-state index is -0.921. The van der Waals surface area contributed by atoms with Crippen molar-refractivity contribution in [2.24, 2.45) is 5.92 Å². The summed E-state index contributed by atoms with van der Waals surface area (Å²) >= 11 is 0. The van der Waals surface area contributed by atoms with Crippen molar-refractivity contribution in [3.8, 4) is 0 Å². The van der Waals surface area contributed by atoms with Crippen LogP contribution < -0.4 is 10.6 Å². The maximum Gasteiger partial charge on any atom is 0.326 e. The van der Waals surface area contributed by atoms with Gasteiger partial charge in [-0.3, -0.25) is 19.3 Å². The molecule has 162 valence electrons. The smallest absolute Gasteiger partial charge is 0.326 e. The second-order valence-corrected chi connectivity index (χ2v) is 8.43. The number of urea groups is 1. The van der Waals surface area contributed by atoms with Crippen molar-refractivity contribution in [3.63, 3.8) is 0 Å². The normalized spacial score (nSPS) is 23.6. The molecule has 0 unspecified atom stereocenters. The fraction of sp³-hybridized carbons (Fsp3) is 0.545. The maximum absolute atomic E-state index is 12.8. The molecular formula is C22H29N3O5. The molecule has 2 fully saturated rings. The molecule has 4 amide bonds. The van der Waals surface area contributed by atoms with Gasteiger partial charge < -0.3 is 15.4 Å². The predicted molar refractivity (Wildman–Crippen MR) is 111 cm³/mol. The quantitative estimate of drug-likeness (QED) is 0.549. The first kappa shape index (κ1) is 21.8. The third kappa shape index (κ3) is 4.47. The molecule has 8 heteroatoms. The molecule has 1 saturated carbocycles. The van der Waals surface area contributed by atoms with Crippen LogP contribution in [0.1, 0.15) is 57.9 Å². The van der Waals surface area contributed by atoms with E-state index in [1.807, 2.05) is 19.1 Å². The summed E-state index contributed by atoms with van der Waals surface area (Å²) in [7, 11) is 0. The lowest BCUT2D eigenvalue weighted by Gasteiger charge is -2.36. The van der Waals surface area contributed by atoms with Crippen LogP contribution in [0.2, 0.25) is 0 Å². The summed E-state index contributed by atoms with van der Waals surface area (Å²) in [4.78, 5) is 50.2. The van der Waals surface area contributed by atoms with E-state index >= 15 is 0 Å². The van der Waals surface area contributed by atoms with Crippen LogP contribution in [0, 0.1) is 5.92 Å². The lowest BCUT2D eigenvalue weighted by molar-refractivity contribution is -0.150. The number of hydrogen-bond acceptors (Lipinski definition) is 5. The van der Waals surface area contributed by atoms with E-state index in [9.17, 15) is 19.2 Å². The summed E-state index contributed by atoms with van der Waals surface area (Å²) in [6.45, 7) is 5.10. The van der Waals surface area contributed by atoms with Gasteiger partial charge in [0.15, 0.2) is 6.61 Å². The van der Waals surface area contributed by atoms with Gasteiger partial charge in [-0.05, 0) is 42.4 Å². The third-order valence-corrected chi connectivity index (χ3v) is 6.01. The number of rotatable bonds is 6. The first-order chi connectivity index (χ1) is 14.2. The Morgan fingerprint density at radius 1 is 1.23 bits per heavy atom. The summed E-state index contributed by atoms with van der Waals surface area (Å²) in [5, 5.41) is 5.44. The van der Waals surface area contributed by atoms with Crippen molar-refractivity contribution >= 4 is 29.5 Å². The van der Waals surface area contributed by atoms with E-state index in [2.05, 4.69) is 24.5 Å². The molecule has 1 heterocycles. The Kier molecular flexibility index (Phi) is 6.43. The Labute approximate surface area is 176 Å². The zero-order valence-corrected chi connectivity index (χ0v) is 17.7. The monoisotopic (exact) mass is 415 g/mol. The number of imide groups is 1. The fourth-order valence-corrected chi connectivity index (χ4v) is 4.11. The van der Waals surface area contributed by atoms with Crippen LogP contribution >= 0.6 is 0 Å². The summed E-state index contributed by atoms with van der Waals surface area (Å²) in [6.07, 6.45) is 3.29. The van der Waals surface area contributed by atoms with Crippen LogP contribution in [-0.2, 0) is 19.1 Å². The van der Waals surface area contributed by atoms with Gasteiger partial charge >= 0.3 is 12.0 Å². The zero-order chi connectivity index (χ0) is 21.9. The molecular weight excluding hydrogens is 386 g/mol. The average molecular weight is 415 g/mol. The molecule has 1 aromatic carbocycles. The molecule has 2 atom stereocenters. The van der Waals surface area contributed by atoms with Gasteiger partial charge in [-0.15, -0.1) is 0 Å². The molecule has 2 aliphatic rings. The van der Waals surface area contributed by atoms with Gasteiger partial charge in [0.1, 0.15) is 12.1 Å². The van der Waals surface area contributed by atoms with Gasteiger partial charge in [-0.1, -0.05) is 45.7 Å². The van der Waals surface area contributed by atoms with Gasteiger partial charge in [-0.25, -0.2) is 4.79 Å². The molecule has 2 N–H and O–H groups in total. The Bertz CT molecular complexity index is 836. The Balaban J connectivity index is 1.50. The van der Waals surface area contributed by atoms with E-state index in [1.165, 1.54) is 0 Å². The first-order valence-corrected chi connectivity index (χ1v) is 10.4. The van der Waals surface area contributed by atoms with E-state index in [0.717, 1.165) is 29.7 Å². The predicted octanol–water partition coefficient (Wildman–Crippen LogP) is 2.79. The molecule has 8 nitrogen and oxygen atoms in total. The van der Waals surface area contributed by atoms with Crippen molar-refractivity contribution in [2.75, 3.05) is 18.5 Å². The number of hydrogen-bond donors (Lipinski definition) is 2. The summed E-state index contributed by atoms with van der Waals surface area (Å²) in [6, 6.07) is 6.83. The summed E-state index contributed by atoms with van der Waals surface area (Å²) in [5.74, 6) is -1.28. The molecule has 3 rings (SSSR count). The van der Waals surface area contributed by atoms with E-state index in [-0.39, 0.29) is 11.8 Å². The van der Waals surface area contributed by atoms with Crippen molar-refractivity contribution in [2.45, 2.75) is 57.9 Å². The molecule has 30 heavy (non-hydrogen) atoms. The summed E-state index contributed by atoms with van der Waals surface area (Å²) < 4.78 is 4.97. The van der Waals surface area contributed by atoms with Crippen molar-refractivity contribution in [1.82, 2.24) is 10.2 Å². The van der Waals surface area contributed by atoms with Crippen LogP contribution in [0.25, 0.3) is 0 Å². The third-order valence-electron chi connectivity index (χ3n) is 6.01. The zero-order valence-electron chi connectivity index (χ0n) is 17.7. The number of nitrogens with zero attached hydrogens (tertiary/aromatic N) is 1. The highest BCUT2D eigenvalue weighted by Gasteiger charge is 2.55. The largest absolute Gasteiger partial charge is 0.454 e. The van der Waals surface area contributed by atoms with E-state index in [1.54, 1.807) is 12.1 Å². The SMILES string of the molecule is CC(C)c1ccc(NC(=O)COC(=O)CN2C(=O)N[C@@]3(CCCC[C@H]3C)C2=O)cc1. The molecule has 1 aliphatic heterocycles. The van der Waals surface area contributed by atoms with Gasteiger partial charge in [0.05, 0.1) is 0 Å². The topological polar surface area (TPSA) is 105 Å². The number of nitrogens with one attached hydrogen (secondary N) is 2. The van der Waals surface area contributed by atoms with E-state index in [4.69, 9.17) is 4.74 Å². The number of carbonyl (C=O) groups excluding carboxylic acids is 4. The van der Waals surface area contributed by atoms with Crippen LogP contribution in [0.5, 0.6) is 0 Å². The van der Waals surface area contributed by atoms with E-state index < -0.39 is 36.6 Å². The number of anilines is 1. The van der Waals surface area contributed by atoms with Gasteiger partial charge in [-0.2, -0.15) is 0 Å². The second kappa shape index (κ2) is 8.85.